The van der Waals surface area contributed by atoms with Gasteiger partial charge in [-0.2, -0.15) is 0 Å². The van der Waals surface area contributed by atoms with Crippen LogP contribution in [0.2, 0.25) is 0 Å². The predicted molar refractivity (Wildman–Crippen MR) is 74.2 cm³/mol. The standard InChI is InChI=1S/C15H26N2/c1-4-6-7-10-14(16-11-5-2)15-13(3)9-8-12-17-15/h8-9,12,14,16H,4-7,10-11H2,1-3H3. The fourth-order valence-corrected chi connectivity index (χ4v) is 2.12. The second kappa shape index (κ2) is 8.24. The van der Waals surface area contributed by atoms with Gasteiger partial charge in [-0.15, -0.1) is 0 Å². The van der Waals surface area contributed by atoms with Crippen molar-refractivity contribution in [1.29, 1.82) is 0 Å². The minimum absolute atomic E-state index is 0.433. The van der Waals surface area contributed by atoms with E-state index in [1.807, 2.05) is 12.3 Å². The Morgan fingerprint density at radius 3 is 2.71 bits per heavy atom. The van der Waals surface area contributed by atoms with Crippen LogP contribution >= 0.6 is 0 Å². The maximum absolute atomic E-state index is 4.55. The summed E-state index contributed by atoms with van der Waals surface area (Å²) in [5.74, 6) is 0. The summed E-state index contributed by atoms with van der Waals surface area (Å²) in [6.07, 6.45) is 8.16. The molecule has 0 saturated carbocycles. The van der Waals surface area contributed by atoms with Crippen LogP contribution in [0, 0.1) is 6.92 Å². The van der Waals surface area contributed by atoms with Crippen LogP contribution in [0.3, 0.4) is 0 Å². The number of unbranched alkanes of at least 4 members (excludes halogenated alkanes) is 2. The minimum atomic E-state index is 0.433. The first-order chi connectivity index (χ1) is 8.29. The molecule has 1 aromatic rings. The highest BCUT2D eigenvalue weighted by molar-refractivity contribution is 5.21. The molecule has 1 rings (SSSR count). The molecule has 2 nitrogen and oxygen atoms in total. The van der Waals surface area contributed by atoms with Crippen molar-refractivity contribution in [2.45, 2.75) is 58.9 Å². The zero-order valence-corrected chi connectivity index (χ0v) is 11.5. The highest BCUT2D eigenvalue weighted by Gasteiger charge is 2.13. The molecule has 96 valence electrons. The lowest BCUT2D eigenvalue weighted by Gasteiger charge is -2.19. The Kier molecular flexibility index (Phi) is 6.87. The zero-order valence-electron chi connectivity index (χ0n) is 11.5. The molecule has 0 saturated heterocycles. The monoisotopic (exact) mass is 234 g/mol. The van der Waals surface area contributed by atoms with Gasteiger partial charge in [0.25, 0.3) is 0 Å². The molecule has 0 aliphatic carbocycles. The first kappa shape index (κ1) is 14.2. The maximum atomic E-state index is 4.55. The summed E-state index contributed by atoms with van der Waals surface area (Å²) in [5, 5.41) is 3.62. The Labute approximate surface area is 106 Å². The Morgan fingerprint density at radius 2 is 2.06 bits per heavy atom. The van der Waals surface area contributed by atoms with Gasteiger partial charge in [-0.3, -0.25) is 4.98 Å². The zero-order chi connectivity index (χ0) is 12.5. The Bertz CT molecular complexity index is 310. The molecule has 1 aromatic heterocycles. The molecule has 0 amide bonds. The van der Waals surface area contributed by atoms with E-state index in [4.69, 9.17) is 0 Å². The average molecular weight is 234 g/mol. The van der Waals surface area contributed by atoms with Gasteiger partial charge in [0.05, 0.1) is 5.69 Å². The lowest BCUT2D eigenvalue weighted by molar-refractivity contribution is 0.463. The molecule has 0 spiro atoms. The van der Waals surface area contributed by atoms with Crippen molar-refractivity contribution >= 4 is 0 Å². The summed E-state index contributed by atoms with van der Waals surface area (Å²) in [6.45, 7) is 7.69. The smallest absolute Gasteiger partial charge is 0.0602 e. The van der Waals surface area contributed by atoms with Crippen molar-refractivity contribution < 1.29 is 0 Å². The summed E-state index contributed by atoms with van der Waals surface area (Å²) in [7, 11) is 0. The summed E-state index contributed by atoms with van der Waals surface area (Å²) < 4.78 is 0. The van der Waals surface area contributed by atoms with Crippen molar-refractivity contribution in [3.05, 3.63) is 29.6 Å². The van der Waals surface area contributed by atoms with Crippen molar-refractivity contribution in [2.75, 3.05) is 6.54 Å². The van der Waals surface area contributed by atoms with Gasteiger partial charge in [-0.05, 0) is 37.9 Å². The van der Waals surface area contributed by atoms with E-state index in [0.29, 0.717) is 6.04 Å². The van der Waals surface area contributed by atoms with E-state index in [9.17, 15) is 0 Å². The number of nitrogens with zero attached hydrogens (tertiary/aromatic N) is 1. The molecule has 1 unspecified atom stereocenters. The lowest BCUT2D eigenvalue weighted by atomic mass is 10.0. The molecule has 0 aromatic carbocycles. The van der Waals surface area contributed by atoms with Crippen LogP contribution in [-0.4, -0.2) is 11.5 Å². The molecule has 2 heteroatoms. The average Bonchev–Trinajstić information content (AvgIpc) is 2.35. The second-order valence-corrected chi connectivity index (χ2v) is 4.71. The Morgan fingerprint density at radius 1 is 1.24 bits per heavy atom. The molecule has 0 aliphatic heterocycles. The van der Waals surface area contributed by atoms with Crippen LogP contribution in [0.25, 0.3) is 0 Å². The number of rotatable bonds is 8. The van der Waals surface area contributed by atoms with Crippen molar-refractivity contribution in [3.63, 3.8) is 0 Å². The highest BCUT2D eigenvalue weighted by atomic mass is 14.9. The molecule has 0 aliphatic rings. The van der Waals surface area contributed by atoms with Crippen LogP contribution in [0.1, 0.15) is 63.3 Å². The van der Waals surface area contributed by atoms with E-state index >= 15 is 0 Å². The van der Waals surface area contributed by atoms with Gasteiger partial charge in [0.2, 0.25) is 0 Å². The summed E-state index contributed by atoms with van der Waals surface area (Å²) in [5.41, 5.74) is 2.54. The first-order valence-corrected chi connectivity index (χ1v) is 6.94. The van der Waals surface area contributed by atoms with E-state index in [-0.39, 0.29) is 0 Å². The molecule has 0 radical (unpaired) electrons. The molecule has 17 heavy (non-hydrogen) atoms. The number of hydrogen-bond donors (Lipinski definition) is 1. The molecular weight excluding hydrogens is 208 g/mol. The number of pyridine rings is 1. The highest BCUT2D eigenvalue weighted by Crippen LogP contribution is 2.20. The number of nitrogens with one attached hydrogen (secondary N) is 1. The Balaban J connectivity index is 2.64. The van der Waals surface area contributed by atoms with Crippen LogP contribution in [0.15, 0.2) is 18.3 Å². The van der Waals surface area contributed by atoms with Gasteiger partial charge in [-0.1, -0.05) is 39.2 Å². The molecule has 0 fully saturated rings. The fraction of sp³-hybridized carbons (Fsp3) is 0.667. The molecule has 1 heterocycles. The van der Waals surface area contributed by atoms with Crippen LogP contribution < -0.4 is 5.32 Å². The van der Waals surface area contributed by atoms with Gasteiger partial charge in [0, 0.05) is 12.2 Å². The molecular formula is C15H26N2. The summed E-state index contributed by atoms with van der Waals surface area (Å²) >= 11 is 0. The van der Waals surface area contributed by atoms with Crippen LogP contribution in [0.5, 0.6) is 0 Å². The van der Waals surface area contributed by atoms with E-state index in [2.05, 4.69) is 37.1 Å². The number of hydrogen-bond acceptors (Lipinski definition) is 2. The number of aryl methyl sites for hydroxylation is 1. The summed E-state index contributed by atoms with van der Waals surface area (Å²) in [4.78, 5) is 4.55. The van der Waals surface area contributed by atoms with E-state index in [0.717, 1.165) is 6.54 Å². The third-order valence-corrected chi connectivity index (χ3v) is 3.12. The van der Waals surface area contributed by atoms with E-state index < -0.39 is 0 Å². The van der Waals surface area contributed by atoms with Gasteiger partial charge in [0.15, 0.2) is 0 Å². The topological polar surface area (TPSA) is 24.9 Å². The third kappa shape index (κ3) is 4.86. The van der Waals surface area contributed by atoms with Gasteiger partial charge >= 0.3 is 0 Å². The largest absolute Gasteiger partial charge is 0.309 e. The molecule has 0 bridgehead atoms. The fourth-order valence-electron chi connectivity index (χ4n) is 2.12. The van der Waals surface area contributed by atoms with Gasteiger partial charge in [0.1, 0.15) is 0 Å². The number of aromatic nitrogens is 1. The van der Waals surface area contributed by atoms with Gasteiger partial charge in [-0.25, -0.2) is 0 Å². The van der Waals surface area contributed by atoms with Crippen molar-refractivity contribution in [1.82, 2.24) is 10.3 Å². The Hall–Kier alpha value is -0.890. The van der Waals surface area contributed by atoms with E-state index in [1.54, 1.807) is 0 Å². The SMILES string of the molecule is CCCCCC(NCCC)c1ncccc1C. The lowest BCUT2D eigenvalue weighted by Crippen LogP contribution is -2.23. The third-order valence-electron chi connectivity index (χ3n) is 3.12. The second-order valence-electron chi connectivity index (χ2n) is 4.71. The predicted octanol–water partition coefficient (Wildman–Crippen LogP) is 4.01. The molecule has 1 atom stereocenters. The van der Waals surface area contributed by atoms with Crippen molar-refractivity contribution in [3.8, 4) is 0 Å². The van der Waals surface area contributed by atoms with Crippen molar-refractivity contribution in [2.24, 2.45) is 0 Å². The van der Waals surface area contributed by atoms with Crippen LogP contribution in [0.4, 0.5) is 0 Å². The van der Waals surface area contributed by atoms with Gasteiger partial charge < -0.3 is 5.32 Å². The minimum Gasteiger partial charge on any atom is -0.309 e. The molecule has 1 N–H and O–H groups in total. The quantitative estimate of drug-likeness (QED) is 0.687. The first-order valence-electron chi connectivity index (χ1n) is 6.94. The maximum Gasteiger partial charge on any atom is 0.0602 e. The normalized spacial score (nSPS) is 12.6. The van der Waals surface area contributed by atoms with Crippen LogP contribution in [-0.2, 0) is 0 Å². The van der Waals surface area contributed by atoms with E-state index in [1.165, 1.54) is 43.4 Å². The summed E-state index contributed by atoms with van der Waals surface area (Å²) in [6, 6.07) is 4.60.